The quantitative estimate of drug-likeness (QED) is 0.701. The molecule has 8 heteroatoms. The van der Waals surface area contributed by atoms with Gasteiger partial charge in [0.1, 0.15) is 6.23 Å². The van der Waals surface area contributed by atoms with E-state index in [4.69, 9.17) is 12.2 Å². The third kappa shape index (κ3) is 4.61. The summed E-state index contributed by atoms with van der Waals surface area (Å²) in [5.41, 5.74) is 2.20. The number of nitrogens with zero attached hydrogens (tertiary/aromatic N) is 2. The fraction of sp³-hybridized carbons (Fsp3) is 0.409. The zero-order chi connectivity index (χ0) is 21.3. The number of likely N-dealkylation sites (tertiary alicyclic amines) is 1. The molecule has 2 heterocycles. The Hall–Kier alpha value is -2.16. The first-order chi connectivity index (χ1) is 14.3. The number of rotatable bonds is 4. The van der Waals surface area contributed by atoms with E-state index in [-0.39, 0.29) is 0 Å². The largest absolute Gasteiger partial charge is 0.416 e. The Morgan fingerprint density at radius 2 is 1.73 bits per heavy atom. The van der Waals surface area contributed by atoms with Gasteiger partial charge in [-0.1, -0.05) is 36.5 Å². The lowest BCUT2D eigenvalue weighted by Crippen LogP contribution is -2.51. The van der Waals surface area contributed by atoms with Crippen molar-refractivity contribution in [2.45, 2.75) is 37.7 Å². The molecule has 4 rings (SSSR count). The van der Waals surface area contributed by atoms with Crippen molar-refractivity contribution in [1.82, 2.24) is 4.90 Å². The van der Waals surface area contributed by atoms with Gasteiger partial charge in [-0.3, -0.25) is 4.90 Å². The van der Waals surface area contributed by atoms with Gasteiger partial charge in [0.2, 0.25) is 0 Å². The Kier molecular flexibility index (Phi) is 5.99. The number of fused-ring (bicyclic) bond motifs is 1. The Morgan fingerprint density at radius 1 is 1.07 bits per heavy atom. The molecule has 2 aromatic rings. The molecule has 0 aromatic heterocycles. The number of hydrogen-bond acceptors (Lipinski definition) is 4. The summed E-state index contributed by atoms with van der Waals surface area (Å²) in [6.07, 6.45) is -2.96. The highest BCUT2D eigenvalue weighted by Crippen LogP contribution is 2.34. The monoisotopic (exact) mass is 435 g/mol. The van der Waals surface area contributed by atoms with Crippen LogP contribution in [0, 0.1) is 0 Å². The Balaban J connectivity index is 1.35. The maximum absolute atomic E-state index is 12.7. The van der Waals surface area contributed by atoms with Crippen molar-refractivity contribution in [3.8, 4) is 0 Å². The van der Waals surface area contributed by atoms with Crippen LogP contribution in [0.2, 0.25) is 0 Å². The van der Waals surface area contributed by atoms with Crippen LogP contribution in [0.5, 0.6) is 0 Å². The average molecular weight is 436 g/mol. The molecule has 2 aliphatic heterocycles. The number of aliphatic hydroxyl groups is 1. The van der Waals surface area contributed by atoms with E-state index in [0.29, 0.717) is 24.6 Å². The summed E-state index contributed by atoms with van der Waals surface area (Å²) in [7, 11) is 0. The molecule has 4 nitrogen and oxygen atoms in total. The van der Waals surface area contributed by atoms with E-state index < -0.39 is 18.0 Å². The summed E-state index contributed by atoms with van der Waals surface area (Å²) in [5.74, 6) is 0. The molecule has 0 radical (unpaired) electrons. The summed E-state index contributed by atoms with van der Waals surface area (Å²) in [6, 6.07) is 13.5. The standard InChI is InChI=1S/C22H24F3N3OS/c23-22(24,25)16-7-5-15(6-8-16)13-21(29)27-11-9-17(10-12-27)28-14-20(30)26-18-3-1-2-4-19(18)28/h1-8,17,21,29H,9-14H2,(H,26,30). The molecule has 0 saturated carbocycles. The normalized spacial score (nSPS) is 19.3. The van der Waals surface area contributed by atoms with E-state index >= 15 is 0 Å². The lowest BCUT2D eigenvalue weighted by molar-refractivity contribution is -0.137. The van der Waals surface area contributed by atoms with Crippen molar-refractivity contribution in [3.63, 3.8) is 0 Å². The van der Waals surface area contributed by atoms with Crippen LogP contribution in [0.1, 0.15) is 24.0 Å². The molecule has 0 bridgehead atoms. The van der Waals surface area contributed by atoms with Crippen LogP contribution in [0.4, 0.5) is 24.5 Å². The van der Waals surface area contributed by atoms with Crippen LogP contribution >= 0.6 is 12.2 Å². The third-order valence-electron chi connectivity index (χ3n) is 5.86. The Bertz CT molecular complexity index is 895. The van der Waals surface area contributed by atoms with Crippen LogP contribution in [-0.4, -0.2) is 46.9 Å². The van der Waals surface area contributed by atoms with Gasteiger partial charge in [-0.05, 0) is 42.7 Å². The minimum Gasteiger partial charge on any atom is -0.378 e. The number of alkyl halides is 3. The van der Waals surface area contributed by atoms with Crippen molar-refractivity contribution >= 4 is 28.6 Å². The summed E-state index contributed by atoms with van der Waals surface area (Å²) >= 11 is 5.42. The van der Waals surface area contributed by atoms with Gasteiger partial charge in [0.15, 0.2) is 0 Å². The van der Waals surface area contributed by atoms with E-state index in [1.165, 1.54) is 12.1 Å². The van der Waals surface area contributed by atoms with Crippen LogP contribution in [0.25, 0.3) is 0 Å². The number of aliphatic hydroxyl groups excluding tert-OH is 1. The second kappa shape index (κ2) is 8.53. The minimum atomic E-state index is -4.34. The number of benzene rings is 2. The first-order valence-electron chi connectivity index (χ1n) is 10.0. The lowest BCUT2D eigenvalue weighted by atomic mass is 9.99. The molecule has 2 aliphatic rings. The molecule has 2 N–H and O–H groups in total. The van der Waals surface area contributed by atoms with Gasteiger partial charge >= 0.3 is 6.18 Å². The molecule has 1 atom stereocenters. The molecular weight excluding hydrogens is 411 g/mol. The number of thiocarbonyl (C=S) groups is 1. The van der Waals surface area contributed by atoms with Crippen LogP contribution in [0.15, 0.2) is 48.5 Å². The van der Waals surface area contributed by atoms with E-state index in [0.717, 1.165) is 54.4 Å². The van der Waals surface area contributed by atoms with Gasteiger partial charge in [0, 0.05) is 25.6 Å². The van der Waals surface area contributed by atoms with Gasteiger partial charge in [-0.15, -0.1) is 0 Å². The Morgan fingerprint density at radius 3 is 2.40 bits per heavy atom. The highest BCUT2D eigenvalue weighted by atomic mass is 32.1. The number of hydrogen-bond donors (Lipinski definition) is 2. The topological polar surface area (TPSA) is 38.7 Å². The molecular formula is C22H24F3N3OS. The number of piperidine rings is 1. The van der Waals surface area contributed by atoms with Crippen molar-refractivity contribution in [2.24, 2.45) is 0 Å². The van der Waals surface area contributed by atoms with Gasteiger partial charge in [0.05, 0.1) is 28.5 Å². The molecule has 1 unspecified atom stereocenters. The molecule has 0 aliphatic carbocycles. The zero-order valence-electron chi connectivity index (χ0n) is 16.4. The average Bonchev–Trinajstić information content (AvgIpc) is 2.73. The molecule has 2 aromatic carbocycles. The Labute approximate surface area is 179 Å². The van der Waals surface area contributed by atoms with E-state index in [1.54, 1.807) is 0 Å². The predicted molar refractivity (Wildman–Crippen MR) is 116 cm³/mol. The van der Waals surface area contributed by atoms with Crippen molar-refractivity contribution in [2.75, 3.05) is 29.9 Å². The van der Waals surface area contributed by atoms with E-state index in [1.807, 2.05) is 23.1 Å². The van der Waals surface area contributed by atoms with Gasteiger partial charge in [0.25, 0.3) is 0 Å². The minimum absolute atomic E-state index is 0.309. The van der Waals surface area contributed by atoms with Crippen LogP contribution in [-0.2, 0) is 12.6 Å². The fourth-order valence-corrected chi connectivity index (χ4v) is 4.50. The lowest BCUT2D eigenvalue weighted by Gasteiger charge is -2.43. The number of halogens is 3. The molecule has 160 valence electrons. The zero-order valence-corrected chi connectivity index (χ0v) is 17.2. The van der Waals surface area contributed by atoms with Crippen molar-refractivity contribution in [1.29, 1.82) is 0 Å². The highest BCUT2D eigenvalue weighted by molar-refractivity contribution is 7.80. The first-order valence-corrected chi connectivity index (χ1v) is 10.5. The van der Waals surface area contributed by atoms with Gasteiger partial charge < -0.3 is 15.3 Å². The summed E-state index contributed by atoms with van der Waals surface area (Å²) in [4.78, 5) is 5.15. The molecule has 1 fully saturated rings. The summed E-state index contributed by atoms with van der Waals surface area (Å²) in [5, 5.41) is 13.9. The van der Waals surface area contributed by atoms with Crippen LogP contribution < -0.4 is 10.2 Å². The summed E-state index contributed by atoms with van der Waals surface area (Å²) < 4.78 is 38.1. The molecule has 0 spiro atoms. The molecule has 0 amide bonds. The third-order valence-corrected chi connectivity index (χ3v) is 6.09. The smallest absolute Gasteiger partial charge is 0.378 e. The second-order valence-electron chi connectivity index (χ2n) is 7.84. The first kappa shape index (κ1) is 21.1. The number of nitrogens with one attached hydrogen (secondary N) is 1. The highest BCUT2D eigenvalue weighted by Gasteiger charge is 2.32. The molecule has 1 saturated heterocycles. The summed E-state index contributed by atoms with van der Waals surface area (Å²) in [6.45, 7) is 2.14. The number of anilines is 2. The van der Waals surface area contributed by atoms with Gasteiger partial charge in [-0.25, -0.2) is 0 Å². The predicted octanol–water partition coefficient (Wildman–Crippen LogP) is 4.29. The van der Waals surface area contributed by atoms with Crippen molar-refractivity contribution in [3.05, 3.63) is 59.7 Å². The van der Waals surface area contributed by atoms with E-state index in [2.05, 4.69) is 16.3 Å². The SMILES string of the molecule is OC(Cc1ccc(C(F)(F)F)cc1)N1CCC(N2CC(=S)Nc3ccccc32)CC1. The van der Waals surface area contributed by atoms with Crippen LogP contribution in [0.3, 0.4) is 0 Å². The number of para-hydroxylation sites is 2. The van der Waals surface area contributed by atoms with Gasteiger partial charge in [-0.2, -0.15) is 13.2 Å². The fourth-order valence-electron chi connectivity index (χ4n) is 4.25. The van der Waals surface area contributed by atoms with Crippen molar-refractivity contribution < 1.29 is 18.3 Å². The van der Waals surface area contributed by atoms with E-state index in [9.17, 15) is 18.3 Å². The maximum atomic E-state index is 12.7. The maximum Gasteiger partial charge on any atom is 0.416 e. The molecule has 30 heavy (non-hydrogen) atoms. The second-order valence-corrected chi connectivity index (χ2v) is 8.33.